The van der Waals surface area contributed by atoms with Crippen LogP contribution in [0.2, 0.25) is 0 Å². The summed E-state index contributed by atoms with van der Waals surface area (Å²) in [7, 11) is 1.57. The lowest BCUT2D eigenvalue weighted by Crippen LogP contribution is -2.18. The van der Waals surface area contributed by atoms with Crippen LogP contribution in [-0.4, -0.2) is 19.1 Å². The number of fused-ring (bicyclic) bond motifs is 1. The van der Waals surface area contributed by atoms with Gasteiger partial charge < -0.3 is 14.5 Å². The first-order valence-electron chi connectivity index (χ1n) is 8.12. The first-order chi connectivity index (χ1) is 11.9. The molecule has 0 unspecified atom stereocenters. The van der Waals surface area contributed by atoms with Gasteiger partial charge in [-0.05, 0) is 56.7 Å². The van der Waals surface area contributed by atoms with E-state index in [2.05, 4.69) is 5.32 Å². The molecule has 4 nitrogen and oxygen atoms in total. The van der Waals surface area contributed by atoms with Crippen molar-refractivity contribution < 1.29 is 18.3 Å². The lowest BCUT2D eigenvalue weighted by molar-refractivity contribution is 0.0964. The number of aryl methyl sites for hydroxylation is 1. The summed E-state index contributed by atoms with van der Waals surface area (Å²) in [5, 5.41) is 3.34. The predicted octanol–water partition coefficient (Wildman–Crippen LogP) is 4.69. The van der Waals surface area contributed by atoms with Gasteiger partial charge in [-0.1, -0.05) is 0 Å². The second-order valence-electron chi connectivity index (χ2n) is 6.17. The number of benzene rings is 2. The van der Waals surface area contributed by atoms with Gasteiger partial charge in [-0.15, -0.1) is 0 Å². The number of rotatable bonds is 4. The standard InChI is InChI=1S/C20H20FNO3/c1-11(2)24-16-10-17-15(9-12(16)3)18(20(23)22-4)19(25-17)13-5-7-14(21)8-6-13/h5-11H,1-4H3,(H,22,23). The van der Waals surface area contributed by atoms with Crippen molar-refractivity contribution in [2.75, 3.05) is 7.05 Å². The highest BCUT2D eigenvalue weighted by molar-refractivity contribution is 6.11. The average molecular weight is 341 g/mol. The Morgan fingerprint density at radius 1 is 1.20 bits per heavy atom. The molecule has 0 saturated carbocycles. The fourth-order valence-electron chi connectivity index (χ4n) is 2.77. The van der Waals surface area contributed by atoms with E-state index >= 15 is 0 Å². The first kappa shape index (κ1) is 17.0. The van der Waals surface area contributed by atoms with E-state index in [-0.39, 0.29) is 17.8 Å². The number of halogens is 1. The van der Waals surface area contributed by atoms with Gasteiger partial charge in [0.15, 0.2) is 0 Å². The largest absolute Gasteiger partial charge is 0.491 e. The Morgan fingerprint density at radius 2 is 1.88 bits per heavy atom. The van der Waals surface area contributed by atoms with Crippen molar-refractivity contribution in [1.29, 1.82) is 0 Å². The van der Waals surface area contributed by atoms with Crippen LogP contribution in [0.5, 0.6) is 5.75 Å². The third-order valence-electron chi connectivity index (χ3n) is 3.91. The molecule has 25 heavy (non-hydrogen) atoms. The summed E-state index contributed by atoms with van der Waals surface area (Å²) in [5.41, 5.74) is 2.54. The SMILES string of the molecule is CNC(=O)c1c(-c2ccc(F)cc2)oc2cc(OC(C)C)c(C)cc12. The van der Waals surface area contributed by atoms with Crippen LogP contribution in [0.15, 0.2) is 40.8 Å². The van der Waals surface area contributed by atoms with E-state index in [0.29, 0.717) is 33.6 Å². The number of nitrogens with one attached hydrogen (secondary N) is 1. The van der Waals surface area contributed by atoms with E-state index in [1.54, 1.807) is 25.2 Å². The molecule has 1 amide bonds. The van der Waals surface area contributed by atoms with Gasteiger partial charge in [-0.2, -0.15) is 0 Å². The molecular weight excluding hydrogens is 321 g/mol. The van der Waals surface area contributed by atoms with E-state index in [4.69, 9.17) is 9.15 Å². The summed E-state index contributed by atoms with van der Waals surface area (Å²) < 4.78 is 25.0. The summed E-state index contributed by atoms with van der Waals surface area (Å²) in [6.45, 7) is 5.83. The molecule has 0 saturated heterocycles. The van der Waals surface area contributed by atoms with Crippen LogP contribution in [0.3, 0.4) is 0 Å². The fourth-order valence-corrected chi connectivity index (χ4v) is 2.77. The van der Waals surface area contributed by atoms with Crippen LogP contribution >= 0.6 is 0 Å². The number of carbonyl (C=O) groups excluding carboxylic acids is 1. The molecule has 1 aromatic heterocycles. The molecule has 0 atom stereocenters. The van der Waals surface area contributed by atoms with E-state index in [0.717, 1.165) is 5.56 Å². The maximum absolute atomic E-state index is 13.2. The monoisotopic (exact) mass is 341 g/mol. The topological polar surface area (TPSA) is 51.5 Å². The van der Waals surface area contributed by atoms with Gasteiger partial charge in [0.1, 0.15) is 22.9 Å². The Labute approximate surface area is 145 Å². The molecule has 0 radical (unpaired) electrons. The van der Waals surface area contributed by atoms with Crippen LogP contribution in [0.25, 0.3) is 22.3 Å². The van der Waals surface area contributed by atoms with Gasteiger partial charge in [-0.25, -0.2) is 4.39 Å². The van der Waals surface area contributed by atoms with Crippen molar-refractivity contribution in [1.82, 2.24) is 5.32 Å². The Kier molecular flexibility index (Phi) is 4.49. The third kappa shape index (κ3) is 3.22. The maximum atomic E-state index is 13.2. The number of ether oxygens (including phenoxy) is 1. The molecule has 130 valence electrons. The Morgan fingerprint density at radius 3 is 2.48 bits per heavy atom. The minimum Gasteiger partial charge on any atom is -0.491 e. The molecule has 0 aliphatic carbocycles. The smallest absolute Gasteiger partial charge is 0.255 e. The zero-order valence-electron chi connectivity index (χ0n) is 14.6. The predicted molar refractivity (Wildman–Crippen MR) is 95.5 cm³/mol. The van der Waals surface area contributed by atoms with Crippen molar-refractivity contribution in [2.45, 2.75) is 26.9 Å². The van der Waals surface area contributed by atoms with E-state index in [1.807, 2.05) is 26.8 Å². The lowest BCUT2D eigenvalue weighted by Gasteiger charge is -2.12. The number of hydrogen-bond donors (Lipinski definition) is 1. The molecular formula is C20H20FNO3. The van der Waals surface area contributed by atoms with Crippen LogP contribution in [-0.2, 0) is 0 Å². The molecule has 0 spiro atoms. The maximum Gasteiger partial charge on any atom is 0.255 e. The van der Waals surface area contributed by atoms with Gasteiger partial charge in [0.2, 0.25) is 0 Å². The van der Waals surface area contributed by atoms with Crippen molar-refractivity contribution in [3.05, 3.63) is 53.3 Å². The molecule has 1 N–H and O–H groups in total. The van der Waals surface area contributed by atoms with Gasteiger partial charge in [0, 0.05) is 24.1 Å². The third-order valence-corrected chi connectivity index (χ3v) is 3.91. The van der Waals surface area contributed by atoms with Crippen LogP contribution in [0.4, 0.5) is 4.39 Å². The minimum absolute atomic E-state index is 0.0288. The zero-order valence-corrected chi connectivity index (χ0v) is 14.6. The van der Waals surface area contributed by atoms with Crippen LogP contribution in [0, 0.1) is 12.7 Å². The van der Waals surface area contributed by atoms with Crippen LogP contribution in [0.1, 0.15) is 29.8 Å². The van der Waals surface area contributed by atoms with Crippen molar-refractivity contribution in [2.24, 2.45) is 0 Å². The Balaban J connectivity index is 2.25. The van der Waals surface area contributed by atoms with E-state index < -0.39 is 0 Å². The summed E-state index contributed by atoms with van der Waals surface area (Å²) >= 11 is 0. The van der Waals surface area contributed by atoms with Gasteiger partial charge in [0.05, 0.1) is 11.7 Å². The quantitative estimate of drug-likeness (QED) is 0.749. The highest BCUT2D eigenvalue weighted by Gasteiger charge is 2.22. The normalized spacial score (nSPS) is 11.1. The molecule has 2 aromatic carbocycles. The summed E-state index contributed by atoms with van der Waals surface area (Å²) in [5.74, 6) is 0.528. The van der Waals surface area contributed by atoms with E-state index in [1.165, 1.54) is 12.1 Å². The number of hydrogen-bond acceptors (Lipinski definition) is 3. The van der Waals surface area contributed by atoms with Crippen molar-refractivity contribution in [3.8, 4) is 17.1 Å². The minimum atomic E-state index is -0.343. The average Bonchev–Trinajstić information content (AvgIpc) is 2.93. The summed E-state index contributed by atoms with van der Waals surface area (Å²) in [4.78, 5) is 12.4. The first-order valence-corrected chi connectivity index (χ1v) is 8.12. The molecule has 0 aliphatic rings. The second-order valence-corrected chi connectivity index (χ2v) is 6.17. The lowest BCUT2D eigenvalue weighted by atomic mass is 10.0. The zero-order chi connectivity index (χ0) is 18.1. The molecule has 0 aliphatic heterocycles. The molecule has 3 aromatic rings. The Hall–Kier alpha value is -2.82. The number of carbonyl (C=O) groups is 1. The molecule has 5 heteroatoms. The number of furan rings is 1. The van der Waals surface area contributed by atoms with Gasteiger partial charge in [-0.3, -0.25) is 4.79 Å². The summed E-state index contributed by atoms with van der Waals surface area (Å²) in [6, 6.07) is 9.55. The molecule has 0 bridgehead atoms. The van der Waals surface area contributed by atoms with Crippen LogP contribution < -0.4 is 10.1 Å². The molecule has 0 fully saturated rings. The van der Waals surface area contributed by atoms with Gasteiger partial charge >= 0.3 is 0 Å². The highest BCUT2D eigenvalue weighted by Crippen LogP contribution is 2.37. The van der Waals surface area contributed by atoms with Gasteiger partial charge in [0.25, 0.3) is 5.91 Å². The second kappa shape index (κ2) is 6.59. The molecule has 1 heterocycles. The Bertz CT molecular complexity index is 926. The van der Waals surface area contributed by atoms with E-state index in [9.17, 15) is 9.18 Å². The van der Waals surface area contributed by atoms with Crippen molar-refractivity contribution in [3.63, 3.8) is 0 Å². The molecule has 3 rings (SSSR count). The fraction of sp³-hybridized carbons (Fsp3) is 0.250. The number of amides is 1. The highest BCUT2D eigenvalue weighted by atomic mass is 19.1. The van der Waals surface area contributed by atoms with Crippen molar-refractivity contribution >= 4 is 16.9 Å². The summed E-state index contributed by atoms with van der Waals surface area (Å²) in [6.07, 6.45) is 0.0288.